The van der Waals surface area contributed by atoms with Gasteiger partial charge in [-0.2, -0.15) is 0 Å². The molecule has 0 unspecified atom stereocenters. The molecule has 3 heterocycles. The minimum atomic E-state index is -0.253. The van der Waals surface area contributed by atoms with Crippen LogP contribution >= 0.6 is 0 Å². The van der Waals surface area contributed by atoms with Crippen molar-refractivity contribution in [2.45, 2.75) is 13.1 Å². The molecule has 0 aliphatic rings. The van der Waals surface area contributed by atoms with Gasteiger partial charge in [0.05, 0.1) is 17.4 Å². The lowest BCUT2D eigenvalue weighted by Crippen LogP contribution is -2.25. The molecule has 0 radical (unpaired) electrons. The molecule has 0 saturated carbocycles. The number of rotatable bonds is 5. The Bertz CT molecular complexity index is 1440. The Morgan fingerprint density at radius 3 is 2.58 bits per heavy atom. The number of hydrogen-bond acceptors (Lipinski definition) is 5. The highest BCUT2D eigenvalue weighted by molar-refractivity contribution is 5.98. The second kappa shape index (κ2) is 7.83. The smallest absolute Gasteiger partial charge is 0.263 e. The third-order valence-electron chi connectivity index (χ3n) is 5.15. The lowest BCUT2D eigenvalue weighted by atomic mass is 10.1. The normalized spacial score (nSPS) is 11.1. The largest absolute Gasteiger partial charge is 0.348 e. The van der Waals surface area contributed by atoms with E-state index in [9.17, 15) is 9.59 Å². The van der Waals surface area contributed by atoms with Crippen molar-refractivity contribution in [2.75, 3.05) is 0 Å². The van der Waals surface area contributed by atoms with Crippen molar-refractivity contribution in [2.24, 2.45) is 0 Å². The minimum Gasteiger partial charge on any atom is -0.348 e. The summed E-state index contributed by atoms with van der Waals surface area (Å²) in [5.74, 6) is 0.202. The lowest BCUT2D eigenvalue weighted by molar-refractivity contribution is 0.0951. The van der Waals surface area contributed by atoms with E-state index in [1.165, 1.54) is 0 Å². The van der Waals surface area contributed by atoms with E-state index < -0.39 is 0 Å². The Morgan fingerprint density at radius 1 is 0.968 bits per heavy atom. The van der Waals surface area contributed by atoms with Crippen LogP contribution in [0.2, 0.25) is 0 Å². The van der Waals surface area contributed by atoms with Crippen molar-refractivity contribution in [1.82, 2.24) is 29.5 Å². The fourth-order valence-electron chi connectivity index (χ4n) is 3.57. The van der Waals surface area contributed by atoms with Gasteiger partial charge in [0.25, 0.3) is 11.5 Å². The van der Waals surface area contributed by atoms with E-state index in [1.807, 2.05) is 42.5 Å². The van der Waals surface area contributed by atoms with Crippen LogP contribution in [0.25, 0.3) is 16.7 Å². The molecule has 5 rings (SSSR count). The van der Waals surface area contributed by atoms with E-state index in [1.54, 1.807) is 45.9 Å². The Labute approximate surface area is 176 Å². The predicted molar refractivity (Wildman–Crippen MR) is 116 cm³/mol. The SMILES string of the molecule is O=C(NCc1ccncc1)c1ccc2c(c1)c(=O)n(Cc1ccccc1)c1nncn21. The van der Waals surface area contributed by atoms with Crippen LogP contribution in [0.1, 0.15) is 21.5 Å². The number of hydrogen-bond donors (Lipinski definition) is 1. The van der Waals surface area contributed by atoms with Crippen molar-refractivity contribution in [3.05, 3.63) is 106 Å². The van der Waals surface area contributed by atoms with E-state index in [0.717, 1.165) is 11.1 Å². The van der Waals surface area contributed by atoms with Crippen molar-refractivity contribution < 1.29 is 4.79 Å². The van der Waals surface area contributed by atoms with Crippen molar-refractivity contribution in [3.63, 3.8) is 0 Å². The fraction of sp³-hybridized carbons (Fsp3) is 0.0870. The highest BCUT2D eigenvalue weighted by Gasteiger charge is 2.15. The van der Waals surface area contributed by atoms with Gasteiger partial charge >= 0.3 is 0 Å². The van der Waals surface area contributed by atoms with E-state index in [0.29, 0.717) is 35.3 Å². The Hall–Kier alpha value is -4.33. The van der Waals surface area contributed by atoms with Gasteiger partial charge in [0, 0.05) is 24.5 Å². The van der Waals surface area contributed by atoms with Gasteiger partial charge < -0.3 is 5.32 Å². The molecule has 0 bridgehead atoms. The van der Waals surface area contributed by atoms with Crippen molar-refractivity contribution >= 4 is 22.6 Å². The first-order valence-corrected chi connectivity index (χ1v) is 9.78. The van der Waals surface area contributed by atoms with Gasteiger partial charge in [-0.1, -0.05) is 30.3 Å². The van der Waals surface area contributed by atoms with Gasteiger partial charge in [0.15, 0.2) is 0 Å². The van der Waals surface area contributed by atoms with Gasteiger partial charge in [-0.15, -0.1) is 10.2 Å². The molecule has 0 atom stereocenters. The highest BCUT2D eigenvalue weighted by atomic mass is 16.1. The van der Waals surface area contributed by atoms with Crippen LogP contribution in [0, 0.1) is 0 Å². The molecule has 1 amide bonds. The topological polar surface area (TPSA) is 94.2 Å². The second-order valence-corrected chi connectivity index (χ2v) is 7.15. The molecule has 8 heteroatoms. The summed E-state index contributed by atoms with van der Waals surface area (Å²) in [6, 6.07) is 18.4. The number of nitrogens with zero attached hydrogens (tertiary/aromatic N) is 5. The highest BCUT2D eigenvalue weighted by Crippen LogP contribution is 2.16. The first-order valence-electron chi connectivity index (χ1n) is 9.78. The molecule has 0 saturated heterocycles. The van der Waals surface area contributed by atoms with Gasteiger partial charge in [0.1, 0.15) is 6.33 Å². The van der Waals surface area contributed by atoms with E-state index in [2.05, 4.69) is 20.5 Å². The predicted octanol–water partition coefficient (Wildman–Crippen LogP) is 2.42. The maximum absolute atomic E-state index is 13.3. The summed E-state index contributed by atoms with van der Waals surface area (Å²) in [5, 5.41) is 11.4. The van der Waals surface area contributed by atoms with Gasteiger partial charge in [-0.3, -0.25) is 23.5 Å². The summed E-state index contributed by atoms with van der Waals surface area (Å²) in [4.78, 5) is 30.0. The fourth-order valence-corrected chi connectivity index (χ4v) is 3.57. The van der Waals surface area contributed by atoms with Crippen molar-refractivity contribution in [1.29, 1.82) is 0 Å². The summed E-state index contributed by atoms with van der Waals surface area (Å²) in [5.41, 5.74) is 2.76. The van der Waals surface area contributed by atoms with Crippen LogP contribution in [0.15, 0.2) is 84.2 Å². The third kappa shape index (κ3) is 3.55. The Kier molecular flexibility index (Phi) is 4.72. The average molecular weight is 410 g/mol. The zero-order chi connectivity index (χ0) is 21.2. The van der Waals surface area contributed by atoms with Crippen LogP contribution in [-0.2, 0) is 13.1 Å². The van der Waals surface area contributed by atoms with Gasteiger partial charge in [-0.25, -0.2) is 0 Å². The number of carbonyl (C=O) groups excluding carboxylic acids is 1. The zero-order valence-electron chi connectivity index (χ0n) is 16.5. The lowest BCUT2D eigenvalue weighted by Gasteiger charge is -2.11. The maximum atomic E-state index is 13.3. The van der Waals surface area contributed by atoms with Crippen molar-refractivity contribution in [3.8, 4) is 0 Å². The van der Waals surface area contributed by atoms with Crippen LogP contribution in [0.4, 0.5) is 0 Å². The summed E-state index contributed by atoms with van der Waals surface area (Å²) >= 11 is 0. The van der Waals surface area contributed by atoms with Gasteiger partial charge in [0.2, 0.25) is 5.78 Å². The minimum absolute atomic E-state index is 0.219. The Balaban J connectivity index is 1.54. The van der Waals surface area contributed by atoms with E-state index in [4.69, 9.17) is 0 Å². The molecule has 0 aliphatic heterocycles. The molecule has 5 aromatic rings. The second-order valence-electron chi connectivity index (χ2n) is 7.15. The zero-order valence-corrected chi connectivity index (χ0v) is 16.5. The first-order chi connectivity index (χ1) is 15.2. The van der Waals surface area contributed by atoms with Gasteiger partial charge in [-0.05, 0) is 41.5 Å². The molecular weight excluding hydrogens is 392 g/mol. The van der Waals surface area contributed by atoms with Crippen LogP contribution < -0.4 is 10.9 Å². The summed E-state index contributed by atoms with van der Waals surface area (Å²) in [6.45, 7) is 0.735. The van der Waals surface area contributed by atoms with E-state index >= 15 is 0 Å². The number of amides is 1. The standard InChI is InChI=1S/C23H18N6O2/c30-21(25-13-16-8-10-24-11-9-16)18-6-7-20-19(12-18)22(31)28(23-27-26-15-29(20)23)14-17-4-2-1-3-5-17/h1-12,15H,13-14H2,(H,25,30). The molecule has 8 nitrogen and oxygen atoms in total. The van der Waals surface area contributed by atoms with Crippen LogP contribution in [0.5, 0.6) is 0 Å². The summed E-state index contributed by atoms with van der Waals surface area (Å²) in [6.07, 6.45) is 4.93. The molecule has 0 aliphatic carbocycles. The summed E-state index contributed by atoms with van der Waals surface area (Å²) < 4.78 is 3.33. The Morgan fingerprint density at radius 2 is 1.77 bits per heavy atom. The first kappa shape index (κ1) is 18.7. The third-order valence-corrected chi connectivity index (χ3v) is 5.15. The molecule has 31 heavy (non-hydrogen) atoms. The molecule has 0 fully saturated rings. The molecule has 0 spiro atoms. The molecule has 2 aromatic carbocycles. The number of aromatic nitrogens is 5. The maximum Gasteiger partial charge on any atom is 0.263 e. The molecule has 3 aromatic heterocycles. The average Bonchev–Trinajstić information content (AvgIpc) is 3.31. The summed E-state index contributed by atoms with van der Waals surface area (Å²) in [7, 11) is 0. The monoisotopic (exact) mass is 410 g/mol. The van der Waals surface area contributed by atoms with E-state index in [-0.39, 0.29) is 11.5 Å². The van der Waals surface area contributed by atoms with Crippen LogP contribution in [0.3, 0.4) is 0 Å². The quantitative estimate of drug-likeness (QED) is 0.480. The number of fused-ring (bicyclic) bond motifs is 3. The molecular formula is C23H18N6O2. The molecule has 1 N–H and O–H groups in total. The molecule has 152 valence electrons. The number of benzene rings is 2. The number of nitrogens with one attached hydrogen (secondary N) is 1. The number of carbonyl (C=O) groups is 1. The number of pyridine rings is 1. The van der Waals surface area contributed by atoms with Crippen LogP contribution in [-0.4, -0.2) is 30.1 Å².